The van der Waals surface area contributed by atoms with Gasteiger partial charge < -0.3 is 5.32 Å². The minimum Gasteiger partial charge on any atom is -0.319 e. The summed E-state index contributed by atoms with van der Waals surface area (Å²) < 4.78 is 0. The summed E-state index contributed by atoms with van der Waals surface area (Å²) in [5.41, 5.74) is 0.349. The molecule has 3 heteroatoms. The van der Waals surface area contributed by atoms with Gasteiger partial charge in [0.15, 0.2) is 0 Å². The lowest BCUT2D eigenvalue weighted by Gasteiger charge is -2.23. The van der Waals surface area contributed by atoms with Gasteiger partial charge in [0, 0.05) is 4.88 Å². The molecule has 0 aromatic carbocycles. The number of halogens is 1. The van der Waals surface area contributed by atoms with E-state index >= 15 is 0 Å². The highest BCUT2D eigenvalue weighted by atomic mass is 35.5. The lowest BCUT2D eigenvalue weighted by Crippen LogP contribution is -2.27. The van der Waals surface area contributed by atoms with Crippen molar-refractivity contribution in [2.24, 2.45) is 5.41 Å². The molecule has 0 aliphatic rings. The first-order valence-corrected chi connectivity index (χ1v) is 6.17. The van der Waals surface area contributed by atoms with Crippen molar-refractivity contribution in [3.8, 4) is 0 Å². The van der Waals surface area contributed by atoms with Crippen LogP contribution in [0.2, 0.25) is 5.02 Å². The molecule has 0 amide bonds. The number of rotatable bonds is 5. The molecule has 0 aliphatic carbocycles. The molecule has 14 heavy (non-hydrogen) atoms. The Morgan fingerprint density at radius 2 is 2.21 bits per heavy atom. The minimum atomic E-state index is 0.349. The molecule has 1 aromatic rings. The summed E-state index contributed by atoms with van der Waals surface area (Å²) >= 11 is 7.80. The molecule has 0 fully saturated rings. The summed E-state index contributed by atoms with van der Waals surface area (Å²) in [5, 5.41) is 6.21. The van der Waals surface area contributed by atoms with Crippen molar-refractivity contribution in [2.75, 3.05) is 13.6 Å². The SMILES string of the molecule is CNCC(C)(C)CCc1sccc1Cl. The van der Waals surface area contributed by atoms with Crippen LogP contribution in [0.1, 0.15) is 25.1 Å². The third-order valence-electron chi connectivity index (χ3n) is 2.38. The second-order valence-electron chi connectivity index (χ2n) is 4.39. The van der Waals surface area contributed by atoms with E-state index in [9.17, 15) is 0 Å². The Kier molecular flexibility index (Phi) is 4.42. The highest BCUT2D eigenvalue weighted by Crippen LogP contribution is 2.28. The molecular weight excluding hydrogens is 214 g/mol. The largest absolute Gasteiger partial charge is 0.319 e. The third-order valence-corrected chi connectivity index (χ3v) is 3.82. The maximum atomic E-state index is 6.04. The zero-order chi connectivity index (χ0) is 10.6. The molecular formula is C11H18ClNS. The summed E-state index contributed by atoms with van der Waals surface area (Å²) in [4.78, 5) is 1.32. The van der Waals surface area contributed by atoms with Crippen LogP contribution in [-0.2, 0) is 6.42 Å². The smallest absolute Gasteiger partial charge is 0.0544 e. The van der Waals surface area contributed by atoms with Crippen molar-refractivity contribution < 1.29 is 0 Å². The summed E-state index contributed by atoms with van der Waals surface area (Å²) in [7, 11) is 2.00. The average Bonchev–Trinajstić information content (AvgIpc) is 2.48. The monoisotopic (exact) mass is 231 g/mol. The van der Waals surface area contributed by atoms with E-state index in [4.69, 9.17) is 11.6 Å². The molecule has 0 saturated carbocycles. The molecule has 0 saturated heterocycles. The maximum absolute atomic E-state index is 6.04. The van der Waals surface area contributed by atoms with Gasteiger partial charge in [-0.2, -0.15) is 0 Å². The van der Waals surface area contributed by atoms with Gasteiger partial charge in [-0.3, -0.25) is 0 Å². The quantitative estimate of drug-likeness (QED) is 0.817. The predicted molar refractivity (Wildman–Crippen MR) is 65.4 cm³/mol. The van der Waals surface area contributed by atoms with Gasteiger partial charge in [-0.1, -0.05) is 25.4 Å². The first-order chi connectivity index (χ1) is 6.55. The van der Waals surface area contributed by atoms with E-state index in [0.717, 1.165) is 18.0 Å². The lowest BCUT2D eigenvalue weighted by atomic mass is 9.87. The Labute approximate surface area is 95.5 Å². The molecule has 0 radical (unpaired) electrons. The molecule has 1 aromatic heterocycles. The fourth-order valence-electron chi connectivity index (χ4n) is 1.52. The standard InChI is InChI=1S/C11H18ClNS/c1-11(2,8-13-3)6-4-10-9(12)5-7-14-10/h5,7,13H,4,6,8H2,1-3H3. The molecule has 0 bridgehead atoms. The molecule has 1 nitrogen and oxygen atoms in total. The summed E-state index contributed by atoms with van der Waals surface area (Å²) in [5.74, 6) is 0. The minimum absolute atomic E-state index is 0.349. The van der Waals surface area contributed by atoms with Crippen LogP contribution in [0, 0.1) is 5.41 Å². The van der Waals surface area contributed by atoms with E-state index in [1.165, 1.54) is 11.3 Å². The summed E-state index contributed by atoms with van der Waals surface area (Å²) in [6.45, 7) is 5.62. The van der Waals surface area contributed by atoms with Crippen molar-refractivity contribution in [1.29, 1.82) is 0 Å². The van der Waals surface area contributed by atoms with Crippen LogP contribution in [-0.4, -0.2) is 13.6 Å². The van der Waals surface area contributed by atoms with E-state index in [2.05, 4.69) is 24.5 Å². The van der Waals surface area contributed by atoms with Gasteiger partial charge in [-0.25, -0.2) is 0 Å². The maximum Gasteiger partial charge on any atom is 0.0544 e. The number of hydrogen-bond donors (Lipinski definition) is 1. The van der Waals surface area contributed by atoms with Crippen molar-refractivity contribution >= 4 is 22.9 Å². The fraction of sp³-hybridized carbons (Fsp3) is 0.636. The Morgan fingerprint density at radius 1 is 1.50 bits per heavy atom. The second kappa shape index (κ2) is 5.15. The zero-order valence-corrected chi connectivity index (χ0v) is 10.6. The highest BCUT2D eigenvalue weighted by molar-refractivity contribution is 7.10. The molecule has 1 rings (SSSR count). The van der Waals surface area contributed by atoms with Gasteiger partial charge in [0.25, 0.3) is 0 Å². The third kappa shape index (κ3) is 3.60. The molecule has 0 spiro atoms. The van der Waals surface area contributed by atoms with Gasteiger partial charge in [0.1, 0.15) is 0 Å². The Bertz CT molecular complexity index is 281. The van der Waals surface area contributed by atoms with Crippen molar-refractivity contribution in [3.05, 3.63) is 21.3 Å². The molecule has 1 N–H and O–H groups in total. The van der Waals surface area contributed by atoms with Crippen molar-refractivity contribution in [1.82, 2.24) is 5.32 Å². The first-order valence-electron chi connectivity index (χ1n) is 4.92. The molecule has 0 aliphatic heterocycles. The van der Waals surface area contributed by atoms with Crippen LogP contribution in [0.25, 0.3) is 0 Å². The van der Waals surface area contributed by atoms with Crippen molar-refractivity contribution in [3.63, 3.8) is 0 Å². The van der Waals surface area contributed by atoms with Gasteiger partial charge in [0.2, 0.25) is 0 Å². The van der Waals surface area contributed by atoms with E-state index in [0.29, 0.717) is 5.41 Å². The van der Waals surface area contributed by atoms with Gasteiger partial charge >= 0.3 is 0 Å². The van der Waals surface area contributed by atoms with Crippen LogP contribution in [0.4, 0.5) is 0 Å². The van der Waals surface area contributed by atoms with Gasteiger partial charge in [-0.05, 0) is 43.3 Å². The topological polar surface area (TPSA) is 12.0 Å². The fourth-order valence-corrected chi connectivity index (χ4v) is 2.66. The molecule has 0 unspecified atom stereocenters. The van der Waals surface area contributed by atoms with Gasteiger partial charge in [0.05, 0.1) is 5.02 Å². The number of thiophene rings is 1. The molecule has 80 valence electrons. The van der Waals surface area contributed by atoms with Crippen LogP contribution in [0.5, 0.6) is 0 Å². The van der Waals surface area contributed by atoms with Crippen LogP contribution >= 0.6 is 22.9 Å². The highest BCUT2D eigenvalue weighted by Gasteiger charge is 2.17. The Balaban J connectivity index is 2.44. The van der Waals surface area contributed by atoms with E-state index in [-0.39, 0.29) is 0 Å². The number of nitrogens with one attached hydrogen (secondary N) is 1. The zero-order valence-electron chi connectivity index (χ0n) is 9.06. The molecule has 0 atom stereocenters. The van der Waals surface area contributed by atoms with E-state index in [1.54, 1.807) is 11.3 Å². The Morgan fingerprint density at radius 3 is 2.71 bits per heavy atom. The van der Waals surface area contributed by atoms with Crippen LogP contribution in [0.15, 0.2) is 11.4 Å². The van der Waals surface area contributed by atoms with Crippen LogP contribution < -0.4 is 5.32 Å². The van der Waals surface area contributed by atoms with Gasteiger partial charge in [-0.15, -0.1) is 11.3 Å². The Hall–Kier alpha value is -0.0500. The first kappa shape index (κ1) is 12.0. The van der Waals surface area contributed by atoms with E-state index < -0.39 is 0 Å². The lowest BCUT2D eigenvalue weighted by molar-refractivity contribution is 0.325. The average molecular weight is 232 g/mol. The summed E-state index contributed by atoms with van der Waals surface area (Å²) in [6.07, 6.45) is 2.26. The second-order valence-corrected chi connectivity index (χ2v) is 5.79. The normalized spacial score (nSPS) is 12.0. The van der Waals surface area contributed by atoms with Crippen LogP contribution in [0.3, 0.4) is 0 Å². The molecule has 1 heterocycles. The summed E-state index contributed by atoms with van der Waals surface area (Å²) in [6, 6.07) is 1.98. The number of aryl methyl sites for hydroxylation is 1. The van der Waals surface area contributed by atoms with Crippen molar-refractivity contribution in [2.45, 2.75) is 26.7 Å². The van der Waals surface area contributed by atoms with E-state index in [1.807, 2.05) is 13.1 Å². The number of hydrogen-bond acceptors (Lipinski definition) is 2. The predicted octanol–water partition coefficient (Wildman–Crippen LogP) is 3.58.